The number of rotatable bonds is 4. The molecule has 7 heteroatoms. The van der Waals surface area contributed by atoms with E-state index in [9.17, 15) is 4.79 Å². The fourth-order valence-corrected chi connectivity index (χ4v) is 5.62. The summed E-state index contributed by atoms with van der Waals surface area (Å²) < 4.78 is 23.5. The predicted octanol–water partition coefficient (Wildman–Crippen LogP) is 3.16. The minimum Gasteiger partial charge on any atom is -0.469 e. The molecule has 0 radical (unpaired) electrons. The molecule has 0 amide bonds. The molecule has 0 aromatic carbocycles. The maximum atomic E-state index is 11.6. The number of esters is 1. The van der Waals surface area contributed by atoms with Gasteiger partial charge in [0.05, 0.1) is 19.6 Å². The fraction of sp³-hybridized carbons (Fsp3) is 0.950. The van der Waals surface area contributed by atoms with Crippen LogP contribution in [0.2, 0.25) is 0 Å². The van der Waals surface area contributed by atoms with Gasteiger partial charge in [-0.25, -0.2) is 9.78 Å². The van der Waals surface area contributed by atoms with Crippen molar-refractivity contribution in [1.82, 2.24) is 0 Å². The lowest BCUT2D eigenvalue weighted by molar-refractivity contribution is -0.578. The van der Waals surface area contributed by atoms with Crippen molar-refractivity contribution in [2.75, 3.05) is 7.11 Å². The van der Waals surface area contributed by atoms with Gasteiger partial charge in [-0.05, 0) is 44.9 Å². The molecule has 5 aliphatic rings. The number of hydrogen-bond donors (Lipinski definition) is 0. The van der Waals surface area contributed by atoms with Crippen molar-refractivity contribution in [3.63, 3.8) is 0 Å². The Hall–Kier alpha value is -0.730. The van der Waals surface area contributed by atoms with E-state index in [-0.39, 0.29) is 30.3 Å². The highest BCUT2D eigenvalue weighted by atomic mass is 17.3. The molecule has 0 aromatic heterocycles. The lowest BCUT2D eigenvalue weighted by atomic mass is 9.58. The highest BCUT2D eigenvalue weighted by Crippen LogP contribution is 2.60. The Morgan fingerprint density at radius 3 is 2.70 bits per heavy atom. The van der Waals surface area contributed by atoms with E-state index >= 15 is 0 Å². The Bertz CT molecular complexity index is 583. The summed E-state index contributed by atoms with van der Waals surface area (Å²) in [4.78, 5) is 23.5. The molecule has 154 valence electrons. The molecule has 4 saturated heterocycles. The largest absolute Gasteiger partial charge is 0.469 e. The van der Waals surface area contributed by atoms with Gasteiger partial charge in [0.15, 0.2) is 18.2 Å². The van der Waals surface area contributed by atoms with E-state index in [1.54, 1.807) is 0 Å². The average molecular weight is 384 g/mol. The molecule has 1 saturated carbocycles. The summed E-state index contributed by atoms with van der Waals surface area (Å²) in [5, 5.41) is 0. The standard InChI is InChI=1S/C20H32O7/c1-11-6-7-15-13(3)17(23-12(2)10-16(21)22-5)24-18-20(15)14(11)8-9-19(4,25-18)26-27-20/h11-15,17-18H,6-10H2,1-5H3/t11-,12+,13-,14+,15+,17?,18-,19-,20-/m1/s1. The van der Waals surface area contributed by atoms with Crippen molar-refractivity contribution in [3.8, 4) is 0 Å². The lowest BCUT2D eigenvalue weighted by Crippen LogP contribution is -2.70. The highest BCUT2D eigenvalue weighted by molar-refractivity contribution is 5.69. The van der Waals surface area contributed by atoms with Crippen LogP contribution in [-0.2, 0) is 33.5 Å². The molecular weight excluding hydrogens is 352 g/mol. The summed E-state index contributed by atoms with van der Waals surface area (Å²) in [5.74, 6) is 0.106. The predicted molar refractivity (Wildman–Crippen MR) is 94.0 cm³/mol. The van der Waals surface area contributed by atoms with Crippen LogP contribution in [0.25, 0.3) is 0 Å². The molecule has 2 bridgehead atoms. The van der Waals surface area contributed by atoms with Gasteiger partial charge in [0.2, 0.25) is 5.79 Å². The normalized spacial score (nSPS) is 49.8. The third-order valence-corrected chi connectivity index (χ3v) is 7.15. The van der Waals surface area contributed by atoms with E-state index in [0.29, 0.717) is 11.8 Å². The number of ether oxygens (including phenoxy) is 4. The number of methoxy groups -OCH3 is 1. The zero-order valence-electron chi connectivity index (χ0n) is 16.9. The van der Waals surface area contributed by atoms with Gasteiger partial charge in [0.25, 0.3) is 0 Å². The average Bonchev–Trinajstić information content (AvgIpc) is 2.85. The van der Waals surface area contributed by atoms with Gasteiger partial charge >= 0.3 is 5.97 Å². The lowest BCUT2D eigenvalue weighted by Gasteiger charge is -2.60. The SMILES string of the molecule is COC(=O)C[C@H](C)OC1O[C@@H]2O[C@@]3(C)CC[C@H]4[C@H](C)CC[C@@H]([C@H]1C)[C@@]24OO3. The van der Waals surface area contributed by atoms with E-state index in [1.165, 1.54) is 7.11 Å². The van der Waals surface area contributed by atoms with Crippen molar-refractivity contribution in [2.24, 2.45) is 23.7 Å². The Morgan fingerprint density at radius 2 is 1.96 bits per heavy atom. The maximum absolute atomic E-state index is 11.6. The van der Waals surface area contributed by atoms with Gasteiger partial charge < -0.3 is 18.9 Å². The summed E-state index contributed by atoms with van der Waals surface area (Å²) in [6.07, 6.45) is 2.88. The van der Waals surface area contributed by atoms with Crippen LogP contribution in [0.3, 0.4) is 0 Å². The summed E-state index contributed by atoms with van der Waals surface area (Å²) in [5.41, 5.74) is -0.585. The van der Waals surface area contributed by atoms with Gasteiger partial charge in [-0.2, -0.15) is 0 Å². The zero-order valence-corrected chi connectivity index (χ0v) is 16.9. The van der Waals surface area contributed by atoms with Crippen molar-refractivity contribution in [3.05, 3.63) is 0 Å². The monoisotopic (exact) mass is 384 g/mol. The van der Waals surface area contributed by atoms with Crippen LogP contribution in [0.4, 0.5) is 0 Å². The first-order valence-electron chi connectivity index (χ1n) is 10.2. The highest BCUT2D eigenvalue weighted by Gasteiger charge is 2.69. The number of carbonyl (C=O) groups is 1. The van der Waals surface area contributed by atoms with Crippen molar-refractivity contribution < 1.29 is 33.5 Å². The van der Waals surface area contributed by atoms with Crippen LogP contribution in [-0.4, -0.2) is 43.2 Å². The van der Waals surface area contributed by atoms with Crippen molar-refractivity contribution in [2.45, 2.75) is 89.9 Å². The first kappa shape index (κ1) is 19.6. The molecule has 1 unspecified atom stereocenters. The molecule has 7 nitrogen and oxygen atoms in total. The second kappa shape index (κ2) is 6.95. The summed E-state index contributed by atoms with van der Waals surface area (Å²) in [7, 11) is 1.38. The first-order valence-corrected chi connectivity index (χ1v) is 10.2. The summed E-state index contributed by atoms with van der Waals surface area (Å²) in [6.45, 7) is 8.21. The van der Waals surface area contributed by atoms with Crippen LogP contribution in [0.5, 0.6) is 0 Å². The quantitative estimate of drug-likeness (QED) is 0.544. The van der Waals surface area contributed by atoms with Crippen molar-refractivity contribution >= 4 is 5.97 Å². The molecule has 9 atom stereocenters. The van der Waals surface area contributed by atoms with Crippen LogP contribution < -0.4 is 0 Å². The van der Waals surface area contributed by atoms with Crippen molar-refractivity contribution in [1.29, 1.82) is 0 Å². The van der Waals surface area contributed by atoms with Gasteiger partial charge in [-0.1, -0.05) is 13.8 Å². The third-order valence-electron chi connectivity index (χ3n) is 7.15. The summed E-state index contributed by atoms with van der Waals surface area (Å²) >= 11 is 0. The maximum Gasteiger partial charge on any atom is 0.308 e. The van der Waals surface area contributed by atoms with E-state index in [2.05, 4.69) is 13.8 Å². The second-order valence-electron chi connectivity index (χ2n) is 9.00. The number of hydrogen-bond acceptors (Lipinski definition) is 7. The zero-order chi connectivity index (χ0) is 19.4. The van der Waals surface area contributed by atoms with Crippen LogP contribution in [0.15, 0.2) is 0 Å². The molecule has 4 heterocycles. The molecular formula is C20H32O7. The van der Waals surface area contributed by atoms with Crippen LogP contribution >= 0.6 is 0 Å². The Kier molecular flexibility index (Phi) is 5.04. The number of carbonyl (C=O) groups excluding carboxylic acids is 1. The molecule has 27 heavy (non-hydrogen) atoms. The van der Waals surface area contributed by atoms with E-state index in [4.69, 9.17) is 28.7 Å². The first-order chi connectivity index (χ1) is 12.8. The van der Waals surface area contributed by atoms with E-state index < -0.39 is 24.0 Å². The molecule has 0 N–H and O–H groups in total. The van der Waals surface area contributed by atoms with Crippen LogP contribution in [0.1, 0.15) is 59.8 Å². The minimum atomic E-state index is -0.791. The number of fused-ring (bicyclic) bond motifs is 2. The van der Waals surface area contributed by atoms with Gasteiger partial charge in [-0.15, -0.1) is 0 Å². The molecule has 4 aliphatic heterocycles. The summed E-state index contributed by atoms with van der Waals surface area (Å²) in [6, 6.07) is 0. The molecule has 0 aromatic rings. The smallest absolute Gasteiger partial charge is 0.308 e. The molecule has 5 fully saturated rings. The van der Waals surface area contributed by atoms with Gasteiger partial charge in [0, 0.05) is 18.3 Å². The molecule has 5 rings (SSSR count). The fourth-order valence-electron chi connectivity index (χ4n) is 5.62. The third kappa shape index (κ3) is 3.12. The molecule has 1 aliphatic carbocycles. The van der Waals surface area contributed by atoms with Crippen LogP contribution in [0, 0.1) is 23.7 Å². The van der Waals surface area contributed by atoms with E-state index in [0.717, 1.165) is 25.7 Å². The topological polar surface area (TPSA) is 72.5 Å². The minimum absolute atomic E-state index is 0.103. The van der Waals surface area contributed by atoms with E-state index in [1.807, 2.05) is 13.8 Å². The second-order valence-corrected chi connectivity index (χ2v) is 9.00. The molecule has 1 spiro atoms. The van der Waals surface area contributed by atoms with Gasteiger partial charge in [0.1, 0.15) is 0 Å². The Balaban J connectivity index is 1.59. The van der Waals surface area contributed by atoms with Gasteiger partial charge in [-0.3, -0.25) is 4.79 Å². The Labute approximate surface area is 160 Å². The Morgan fingerprint density at radius 1 is 1.19 bits per heavy atom.